The number of nitrogens with zero attached hydrogens (tertiary/aromatic N) is 1. The van der Waals surface area contributed by atoms with Crippen LogP contribution >= 0.6 is 0 Å². The van der Waals surface area contributed by atoms with Crippen LogP contribution in [0.1, 0.15) is 43.4 Å². The summed E-state index contributed by atoms with van der Waals surface area (Å²) in [4.78, 5) is 2.43. The van der Waals surface area contributed by atoms with E-state index in [4.69, 9.17) is 5.73 Å². The van der Waals surface area contributed by atoms with Crippen molar-refractivity contribution in [2.24, 2.45) is 11.7 Å². The van der Waals surface area contributed by atoms with Crippen molar-refractivity contribution in [3.8, 4) is 0 Å². The Balaban J connectivity index is 2.16. The molecule has 0 aromatic heterocycles. The molecule has 2 unspecified atom stereocenters. The number of nitrogens with two attached hydrogens (primary N) is 1. The highest BCUT2D eigenvalue weighted by atomic mass is 19.1. The number of piperidine rings is 1. The molecule has 1 heterocycles. The van der Waals surface area contributed by atoms with E-state index in [0.29, 0.717) is 12.1 Å². The van der Waals surface area contributed by atoms with Gasteiger partial charge in [0, 0.05) is 19.1 Å². The van der Waals surface area contributed by atoms with E-state index in [1.807, 2.05) is 12.1 Å². The molecule has 1 aromatic rings. The van der Waals surface area contributed by atoms with Gasteiger partial charge in [0.15, 0.2) is 0 Å². The zero-order chi connectivity index (χ0) is 13.8. The number of likely N-dealkylation sites (tertiary alicyclic amines) is 1. The van der Waals surface area contributed by atoms with E-state index in [9.17, 15) is 4.39 Å². The minimum absolute atomic E-state index is 0.125. The van der Waals surface area contributed by atoms with Crippen LogP contribution in [-0.2, 0) is 0 Å². The third-order valence-electron chi connectivity index (χ3n) is 4.37. The van der Waals surface area contributed by atoms with Crippen LogP contribution in [0, 0.1) is 18.7 Å². The summed E-state index contributed by atoms with van der Waals surface area (Å²) < 4.78 is 13.7. The van der Waals surface area contributed by atoms with Crippen molar-refractivity contribution in [2.45, 2.75) is 39.2 Å². The molecule has 1 aliphatic rings. The van der Waals surface area contributed by atoms with Crippen molar-refractivity contribution < 1.29 is 4.39 Å². The van der Waals surface area contributed by atoms with E-state index in [2.05, 4.69) is 11.8 Å². The van der Waals surface area contributed by atoms with E-state index in [0.717, 1.165) is 24.6 Å². The monoisotopic (exact) mass is 264 g/mol. The average Bonchev–Trinajstić information content (AvgIpc) is 2.44. The molecule has 1 aromatic carbocycles. The second kappa shape index (κ2) is 6.49. The summed E-state index contributed by atoms with van der Waals surface area (Å²) in [6.07, 6.45) is 3.76. The van der Waals surface area contributed by atoms with E-state index < -0.39 is 0 Å². The smallest absolute Gasteiger partial charge is 0.126 e. The fraction of sp³-hybridized carbons (Fsp3) is 0.625. The summed E-state index contributed by atoms with van der Waals surface area (Å²) in [6.45, 7) is 6.77. The molecule has 0 aliphatic carbocycles. The van der Waals surface area contributed by atoms with Gasteiger partial charge in [0.25, 0.3) is 0 Å². The van der Waals surface area contributed by atoms with Crippen molar-refractivity contribution in [2.75, 3.05) is 19.6 Å². The summed E-state index contributed by atoms with van der Waals surface area (Å²) in [5, 5.41) is 0. The first-order valence-corrected chi connectivity index (χ1v) is 7.35. The molecule has 0 saturated carbocycles. The lowest BCUT2D eigenvalue weighted by Crippen LogP contribution is -2.41. The Morgan fingerprint density at radius 1 is 1.47 bits per heavy atom. The number of hydrogen-bond acceptors (Lipinski definition) is 2. The summed E-state index contributed by atoms with van der Waals surface area (Å²) in [5.41, 5.74) is 7.66. The molecule has 0 bridgehead atoms. The van der Waals surface area contributed by atoms with Gasteiger partial charge in [-0.05, 0) is 49.4 Å². The maximum Gasteiger partial charge on any atom is 0.126 e. The van der Waals surface area contributed by atoms with Crippen molar-refractivity contribution in [3.05, 3.63) is 35.1 Å². The number of halogens is 1. The van der Waals surface area contributed by atoms with Crippen LogP contribution in [0.3, 0.4) is 0 Å². The van der Waals surface area contributed by atoms with E-state index in [-0.39, 0.29) is 11.9 Å². The first-order valence-electron chi connectivity index (χ1n) is 7.35. The van der Waals surface area contributed by atoms with Crippen LogP contribution in [0.15, 0.2) is 18.2 Å². The molecule has 1 fully saturated rings. The molecular formula is C16H25FN2. The predicted molar refractivity (Wildman–Crippen MR) is 77.5 cm³/mol. The molecule has 0 spiro atoms. The fourth-order valence-corrected chi connectivity index (χ4v) is 3.03. The predicted octanol–water partition coefficient (Wildman–Crippen LogP) is 3.26. The van der Waals surface area contributed by atoms with Gasteiger partial charge in [-0.3, -0.25) is 4.90 Å². The lowest BCUT2D eigenvalue weighted by atomic mass is 9.93. The summed E-state index contributed by atoms with van der Waals surface area (Å²) in [5.74, 6) is 0.637. The van der Waals surface area contributed by atoms with Gasteiger partial charge < -0.3 is 5.73 Å². The fourth-order valence-electron chi connectivity index (χ4n) is 3.03. The molecule has 3 heteroatoms. The molecule has 2 N–H and O–H groups in total. The van der Waals surface area contributed by atoms with E-state index in [1.54, 1.807) is 13.0 Å². The Labute approximate surface area is 115 Å². The van der Waals surface area contributed by atoms with Crippen molar-refractivity contribution in [3.63, 3.8) is 0 Å². The van der Waals surface area contributed by atoms with Crippen LogP contribution in [0.5, 0.6) is 0 Å². The Morgan fingerprint density at radius 3 is 2.89 bits per heavy atom. The van der Waals surface area contributed by atoms with E-state index in [1.165, 1.54) is 19.3 Å². The zero-order valence-electron chi connectivity index (χ0n) is 12.0. The first kappa shape index (κ1) is 14.5. The second-order valence-electron chi connectivity index (χ2n) is 5.67. The Morgan fingerprint density at radius 2 is 2.26 bits per heavy atom. The van der Waals surface area contributed by atoms with Crippen LogP contribution < -0.4 is 5.73 Å². The molecule has 0 radical (unpaired) electrons. The molecule has 106 valence electrons. The van der Waals surface area contributed by atoms with Crippen LogP contribution in [-0.4, -0.2) is 24.5 Å². The van der Waals surface area contributed by atoms with Gasteiger partial charge in [-0.15, -0.1) is 0 Å². The van der Waals surface area contributed by atoms with Gasteiger partial charge in [0.2, 0.25) is 0 Å². The number of benzene rings is 1. The standard InChI is InChI=1S/C16H25FN2/c1-3-13-5-4-8-19(11-13)16(10-18)14-7-6-12(2)15(17)9-14/h6-7,9,13,16H,3-5,8,10-11,18H2,1-2H3. The van der Waals surface area contributed by atoms with Gasteiger partial charge in [-0.25, -0.2) is 4.39 Å². The van der Waals surface area contributed by atoms with Gasteiger partial charge in [-0.1, -0.05) is 25.5 Å². The molecular weight excluding hydrogens is 239 g/mol. The normalized spacial score (nSPS) is 22.4. The largest absolute Gasteiger partial charge is 0.329 e. The maximum atomic E-state index is 13.7. The van der Waals surface area contributed by atoms with Crippen LogP contribution in [0.2, 0.25) is 0 Å². The Bertz CT molecular complexity index is 419. The van der Waals surface area contributed by atoms with Gasteiger partial charge in [0.05, 0.1) is 0 Å². The average molecular weight is 264 g/mol. The quantitative estimate of drug-likeness (QED) is 0.904. The van der Waals surface area contributed by atoms with Crippen LogP contribution in [0.4, 0.5) is 4.39 Å². The lowest BCUT2D eigenvalue weighted by Gasteiger charge is -2.38. The highest BCUT2D eigenvalue weighted by Crippen LogP contribution is 2.28. The Hall–Kier alpha value is -0.930. The molecule has 1 aliphatic heterocycles. The number of hydrogen-bond donors (Lipinski definition) is 1. The number of rotatable bonds is 4. The van der Waals surface area contributed by atoms with Crippen molar-refractivity contribution >= 4 is 0 Å². The maximum absolute atomic E-state index is 13.7. The summed E-state index contributed by atoms with van der Waals surface area (Å²) in [6, 6.07) is 5.69. The minimum Gasteiger partial charge on any atom is -0.329 e. The van der Waals surface area contributed by atoms with Gasteiger partial charge in [0.1, 0.15) is 5.82 Å². The van der Waals surface area contributed by atoms with Crippen LogP contribution in [0.25, 0.3) is 0 Å². The first-order chi connectivity index (χ1) is 9.15. The molecule has 2 atom stereocenters. The molecule has 2 rings (SSSR count). The van der Waals surface area contributed by atoms with Crippen molar-refractivity contribution in [1.82, 2.24) is 4.90 Å². The second-order valence-corrected chi connectivity index (χ2v) is 5.67. The number of aryl methyl sites for hydroxylation is 1. The lowest BCUT2D eigenvalue weighted by molar-refractivity contribution is 0.124. The SMILES string of the molecule is CCC1CCCN(C(CN)c2ccc(C)c(F)c2)C1. The highest BCUT2D eigenvalue weighted by molar-refractivity contribution is 5.26. The zero-order valence-corrected chi connectivity index (χ0v) is 12.0. The van der Waals surface area contributed by atoms with Crippen molar-refractivity contribution in [1.29, 1.82) is 0 Å². The Kier molecular flexibility index (Phi) is 4.94. The highest BCUT2D eigenvalue weighted by Gasteiger charge is 2.25. The molecule has 19 heavy (non-hydrogen) atoms. The third kappa shape index (κ3) is 3.34. The molecule has 1 saturated heterocycles. The van der Waals surface area contributed by atoms with E-state index >= 15 is 0 Å². The van der Waals surface area contributed by atoms with Gasteiger partial charge in [-0.2, -0.15) is 0 Å². The topological polar surface area (TPSA) is 29.3 Å². The summed E-state index contributed by atoms with van der Waals surface area (Å²) >= 11 is 0. The molecule has 2 nitrogen and oxygen atoms in total. The van der Waals surface area contributed by atoms with Gasteiger partial charge >= 0.3 is 0 Å². The summed E-state index contributed by atoms with van der Waals surface area (Å²) in [7, 11) is 0. The minimum atomic E-state index is -0.125. The molecule has 0 amide bonds. The third-order valence-corrected chi connectivity index (χ3v) is 4.37.